The fourth-order valence-electron chi connectivity index (χ4n) is 3.98. The number of nitrogens with zero attached hydrogens (tertiary/aromatic N) is 5. The lowest BCUT2D eigenvalue weighted by molar-refractivity contribution is 0.596. The molecular weight excluding hydrogens is 481 g/mol. The fourth-order valence-corrected chi connectivity index (χ4v) is 4.49. The number of halogens is 1. The number of H-pyrrole nitrogens is 1. The highest BCUT2D eigenvalue weighted by atomic mass is 32.2. The molecule has 0 radical (unpaired) electrons. The van der Waals surface area contributed by atoms with Gasteiger partial charge in [-0.1, -0.05) is 12.1 Å². The quantitative estimate of drug-likeness (QED) is 0.292. The first-order chi connectivity index (χ1) is 17.4. The largest absolute Gasteiger partial charge is 0.321 e. The van der Waals surface area contributed by atoms with Crippen LogP contribution >= 0.6 is 0 Å². The zero-order chi connectivity index (χ0) is 25.1. The van der Waals surface area contributed by atoms with Gasteiger partial charge in [0.2, 0.25) is 0 Å². The molecule has 0 aliphatic rings. The highest BCUT2D eigenvalue weighted by Gasteiger charge is 2.17. The molecule has 3 heterocycles. The van der Waals surface area contributed by atoms with E-state index in [0.29, 0.717) is 31.0 Å². The molecule has 0 spiro atoms. The maximum Gasteiger partial charge on any atom is 0.148 e. The number of nitrogens with one attached hydrogen (secondary N) is 2. The van der Waals surface area contributed by atoms with Crippen molar-refractivity contribution in [3.05, 3.63) is 84.3 Å². The number of hydrogen-bond acceptors (Lipinski definition) is 8. The summed E-state index contributed by atoms with van der Waals surface area (Å²) < 4.78 is 36.8. The molecule has 0 amide bonds. The van der Waals surface area contributed by atoms with Crippen LogP contribution in [0.3, 0.4) is 0 Å². The van der Waals surface area contributed by atoms with Crippen LogP contribution in [0.25, 0.3) is 21.8 Å². The second kappa shape index (κ2) is 9.96. The Kier molecular flexibility index (Phi) is 6.57. The Morgan fingerprint density at radius 2 is 1.94 bits per heavy atom. The van der Waals surface area contributed by atoms with Crippen molar-refractivity contribution in [1.29, 1.82) is 0 Å². The van der Waals surface area contributed by atoms with E-state index in [4.69, 9.17) is 0 Å². The lowest BCUT2D eigenvalue weighted by Gasteiger charge is -2.25. The highest BCUT2D eigenvalue weighted by Crippen LogP contribution is 2.33. The number of rotatable bonds is 9. The molecule has 184 valence electrons. The van der Waals surface area contributed by atoms with Crippen molar-refractivity contribution < 1.29 is 12.8 Å². The van der Waals surface area contributed by atoms with Crippen LogP contribution in [0.5, 0.6) is 0 Å². The summed E-state index contributed by atoms with van der Waals surface area (Å²) in [5, 5.41) is 11.9. The molecule has 0 saturated carbocycles. The summed E-state index contributed by atoms with van der Waals surface area (Å²) in [4.78, 5) is 15.5. The first kappa shape index (κ1) is 23.8. The molecule has 0 aliphatic carbocycles. The van der Waals surface area contributed by atoms with Crippen LogP contribution in [-0.4, -0.2) is 52.1 Å². The van der Waals surface area contributed by atoms with Crippen molar-refractivity contribution in [2.45, 2.75) is 13.1 Å². The number of aromatic amines is 1. The summed E-state index contributed by atoms with van der Waals surface area (Å²) in [6.07, 6.45) is 6.12. The fraction of sp³-hybridized carbons (Fsp3) is 0.200. The minimum absolute atomic E-state index is 0.0485. The Bertz CT molecular complexity index is 1640. The third-order valence-electron chi connectivity index (χ3n) is 5.73. The van der Waals surface area contributed by atoms with E-state index in [1.807, 2.05) is 35.2 Å². The van der Waals surface area contributed by atoms with Crippen LogP contribution in [0.2, 0.25) is 0 Å². The van der Waals surface area contributed by atoms with Crippen LogP contribution < -0.4 is 10.2 Å². The van der Waals surface area contributed by atoms with Crippen molar-refractivity contribution in [2.24, 2.45) is 0 Å². The third-order valence-corrected chi connectivity index (χ3v) is 6.68. The van der Waals surface area contributed by atoms with Gasteiger partial charge >= 0.3 is 0 Å². The van der Waals surface area contributed by atoms with Gasteiger partial charge in [0, 0.05) is 42.3 Å². The van der Waals surface area contributed by atoms with Gasteiger partial charge in [-0.2, -0.15) is 5.10 Å². The van der Waals surface area contributed by atoms with Crippen LogP contribution in [0.1, 0.15) is 11.3 Å². The Labute approximate surface area is 207 Å². The molecule has 11 heteroatoms. The predicted molar refractivity (Wildman–Crippen MR) is 137 cm³/mol. The molecule has 0 atom stereocenters. The summed E-state index contributed by atoms with van der Waals surface area (Å²) in [6.45, 7) is 1.09. The maximum absolute atomic E-state index is 14.0. The smallest absolute Gasteiger partial charge is 0.148 e. The molecule has 3 aromatic heterocycles. The van der Waals surface area contributed by atoms with Gasteiger partial charge in [0.1, 0.15) is 27.8 Å². The van der Waals surface area contributed by atoms with E-state index in [0.717, 1.165) is 33.2 Å². The molecule has 0 unspecified atom stereocenters. The van der Waals surface area contributed by atoms with E-state index in [9.17, 15) is 12.8 Å². The van der Waals surface area contributed by atoms with Gasteiger partial charge in [-0.05, 0) is 42.0 Å². The zero-order valence-corrected chi connectivity index (χ0v) is 20.3. The molecule has 2 N–H and O–H groups in total. The van der Waals surface area contributed by atoms with E-state index in [1.54, 1.807) is 18.5 Å². The summed E-state index contributed by atoms with van der Waals surface area (Å²) in [7, 11) is -3.05. The van der Waals surface area contributed by atoms with Gasteiger partial charge in [-0.15, -0.1) is 0 Å². The average molecular weight is 506 g/mol. The van der Waals surface area contributed by atoms with Crippen molar-refractivity contribution in [1.82, 2.24) is 30.5 Å². The molecule has 0 aliphatic heterocycles. The Morgan fingerprint density at radius 3 is 2.78 bits per heavy atom. The number of aromatic nitrogens is 5. The number of anilines is 2. The molecule has 0 bridgehead atoms. The van der Waals surface area contributed by atoms with Crippen molar-refractivity contribution in [2.75, 3.05) is 23.5 Å². The summed E-state index contributed by atoms with van der Waals surface area (Å²) in [5.74, 6) is 0.385. The van der Waals surface area contributed by atoms with Gasteiger partial charge in [0.25, 0.3) is 0 Å². The van der Waals surface area contributed by atoms with E-state index in [2.05, 4.69) is 30.5 Å². The van der Waals surface area contributed by atoms with Gasteiger partial charge < -0.3 is 10.2 Å². The monoisotopic (exact) mass is 505 g/mol. The topological polar surface area (TPSA) is 117 Å². The molecule has 2 aromatic carbocycles. The minimum atomic E-state index is -3.05. The van der Waals surface area contributed by atoms with Crippen LogP contribution in [-0.2, 0) is 22.9 Å². The van der Waals surface area contributed by atoms with Gasteiger partial charge in [-0.25, -0.2) is 22.8 Å². The SMILES string of the molecule is CS(=O)(=O)CCNCc1cc2c(N(Cc3cccc(F)c3)c3ccc4[nH]ncc4c3)ncnc2cn1. The first-order valence-corrected chi connectivity index (χ1v) is 13.3. The molecule has 9 nitrogen and oxygen atoms in total. The van der Waals surface area contributed by atoms with E-state index < -0.39 is 9.84 Å². The molecular formula is C25H24FN7O2S. The van der Waals surface area contributed by atoms with Crippen LogP contribution in [0.4, 0.5) is 15.9 Å². The first-order valence-electron chi connectivity index (χ1n) is 11.3. The van der Waals surface area contributed by atoms with Crippen molar-refractivity contribution in [3.8, 4) is 0 Å². The molecule has 5 aromatic rings. The van der Waals surface area contributed by atoms with E-state index in [1.165, 1.54) is 24.7 Å². The Balaban J connectivity index is 1.54. The standard InChI is InChI=1S/C25H24FN7O2S/c1-36(34,35)8-7-27-13-20-11-22-24(14-28-20)29-16-30-25(22)33(15-17-3-2-4-19(26)9-17)21-5-6-23-18(10-21)12-31-32-23/h2-6,9-12,14,16,27H,7-8,13,15H2,1H3,(H,31,32). The second-order valence-corrected chi connectivity index (χ2v) is 10.8. The number of hydrogen-bond donors (Lipinski definition) is 2. The van der Waals surface area contributed by atoms with Crippen LogP contribution in [0.15, 0.2) is 67.3 Å². The average Bonchev–Trinajstić information content (AvgIpc) is 3.32. The van der Waals surface area contributed by atoms with Crippen molar-refractivity contribution >= 4 is 43.1 Å². The number of sulfone groups is 1. The highest BCUT2D eigenvalue weighted by molar-refractivity contribution is 7.90. The number of pyridine rings is 1. The minimum Gasteiger partial charge on any atom is -0.321 e. The normalized spacial score (nSPS) is 11.8. The number of fused-ring (bicyclic) bond motifs is 2. The predicted octanol–water partition coefficient (Wildman–Crippen LogP) is 3.51. The summed E-state index contributed by atoms with van der Waals surface area (Å²) in [5.41, 5.74) is 3.93. The Hall–Kier alpha value is -3.96. The molecule has 0 fully saturated rings. The van der Waals surface area contributed by atoms with E-state index >= 15 is 0 Å². The Morgan fingerprint density at radius 1 is 1.06 bits per heavy atom. The van der Waals surface area contributed by atoms with Crippen molar-refractivity contribution in [3.63, 3.8) is 0 Å². The molecule has 36 heavy (non-hydrogen) atoms. The molecule has 5 rings (SSSR count). The van der Waals surface area contributed by atoms with Gasteiger partial charge in [0.05, 0.1) is 34.9 Å². The summed E-state index contributed by atoms with van der Waals surface area (Å²) >= 11 is 0. The third kappa shape index (κ3) is 5.47. The van der Waals surface area contributed by atoms with Crippen LogP contribution in [0, 0.1) is 5.82 Å². The van der Waals surface area contributed by atoms with Gasteiger partial charge in [0.15, 0.2) is 0 Å². The molecule has 0 saturated heterocycles. The van der Waals surface area contributed by atoms with Gasteiger partial charge in [-0.3, -0.25) is 10.1 Å². The summed E-state index contributed by atoms with van der Waals surface area (Å²) in [6, 6.07) is 14.3. The maximum atomic E-state index is 14.0. The zero-order valence-electron chi connectivity index (χ0n) is 19.5. The lowest BCUT2D eigenvalue weighted by Crippen LogP contribution is -2.22. The number of benzene rings is 2. The second-order valence-electron chi connectivity index (χ2n) is 8.55. The lowest BCUT2D eigenvalue weighted by atomic mass is 10.1. The van der Waals surface area contributed by atoms with E-state index in [-0.39, 0.29) is 11.6 Å².